The third kappa shape index (κ3) is 2.34. The Morgan fingerprint density at radius 3 is 2.65 bits per heavy atom. The van der Waals surface area contributed by atoms with Crippen LogP contribution in [0.5, 0.6) is 5.75 Å². The topological polar surface area (TPSA) is 43.4 Å². The van der Waals surface area contributed by atoms with Crippen LogP contribution in [0.15, 0.2) is 47.3 Å². The molecule has 0 aliphatic heterocycles. The highest BCUT2D eigenvalue weighted by Gasteiger charge is 2.08. The van der Waals surface area contributed by atoms with Crippen LogP contribution in [-0.2, 0) is 4.79 Å². The molecule has 0 saturated carbocycles. The number of hydrogen-bond acceptors (Lipinski definition) is 4. The van der Waals surface area contributed by atoms with Crippen molar-refractivity contribution in [2.45, 2.75) is 0 Å². The molecule has 1 aromatic heterocycles. The predicted molar refractivity (Wildman–Crippen MR) is 85.0 cm³/mol. The van der Waals surface area contributed by atoms with Crippen LogP contribution in [-0.4, -0.2) is 11.3 Å². The number of fused-ring (bicyclic) bond motifs is 2. The summed E-state index contributed by atoms with van der Waals surface area (Å²) < 4.78 is 6.95. The van der Waals surface area contributed by atoms with Gasteiger partial charge >= 0.3 is 5.97 Å². The average molecular weight is 349 g/mol. The van der Waals surface area contributed by atoms with Gasteiger partial charge in [0, 0.05) is 20.2 Å². The zero-order valence-corrected chi connectivity index (χ0v) is 12.7. The molecule has 100 valence electrons. The standard InChI is InChI=1S/C15H9BrO3S/c16-8-14(17)19-9-5-6-13-11(7-9)15(18)10-3-1-2-4-12(10)20-13/h1-7H,8H2. The van der Waals surface area contributed by atoms with E-state index >= 15 is 0 Å². The van der Waals surface area contributed by atoms with Crippen molar-refractivity contribution in [3.05, 3.63) is 52.7 Å². The van der Waals surface area contributed by atoms with Gasteiger partial charge in [0.25, 0.3) is 0 Å². The number of alkyl halides is 1. The second kappa shape index (κ2) is 5.34. The fraction of sp³-hybridized carbons (Fsp3) is 0.0667. The molecule has 3 nitrogen and oxygen atoms in total. The lowest BCUT2D eigenvalue weighted by Crippen LogP contribution is -2.09. The lowest BCUT2D eigenvalue weighted by Gasteiger charge is -2.04. The molecular weight excluding hydrogens is 340 g/mol. The van der Waals surface area contributed by atoms with Gasteiger partial charge in [0.1, 0.15) is 11.1 Å². The van der Waals surface area contributed by atoms with Gasteiger partial charge in [-0.15, -0.1) is 11.3 Å². The number of rotatable bonds is 2. The molecule has 0 bridgehead atoms. The maximum absolute atomic E-state index is 12.5. The molecule has 0 aliphatic carbocycles. The molecule has 0 radical (unpaired) electrons. The molecule has 0 fully saturated rings. The molecule has 0 aliphatic rings. The van der Waals surface area contributed by atoms with Crippen molar-refractivity contribution in [2.75, 3.05) is 5.33 Å². The monoisotopic (exact) mass is 348 g/mol. The molecule has 5 heteroatoms. The summed E-state index contributed by atoms with van der Waals surface area (Å²) in [6, 6.07) is 12.6. The van der Waals surface area contributed by atoms with Crippen LogP contribution in [0, 0.1) is 0 Å². The molecule has 0 amide bonds. The Kier molecular flexibility index (Phi) is 3.54. The minimum atomic E-state index is -0.388. The van der Waals surface area contributed by atoms with Gasteiger partial charge in [0.2, 0.25) is 0 Å². The maximum atomic E-state index is 12.5. The van der Waals surface area contributed by atoms with Gasteiger partial charge in [0.05, 0.1) is 0 Å². The Morgan fingerprint density at radius 2 is 1.85 bits per heavy atom. The molecule has 0 spiro atoms. The van der Waals surface area contributed by atoms with E-state index in [4.69, 9.17) is 4.74 Å². The maximum Gasteiger partial charge on any atom is 0.321 e. The highest BCUT2D eigenvalue weighted by molar-refractivity contribution is 9.09. The number of ether oxygens (including phenoxy) is 1. The van der Waals surface area contributed by atoms with Crippen LogP contribution in [0.2, 0.25) is 0 Å². The average Bonchev–Trinajstić information content (AvgIpc) is 2.48. The normalized spacial score (nSPS) is 10.8. The van der Waals surface area contributed by atoms with Gasteiger partial charge in [-0.1, -0.05) is 28.1 Å². The third-order valence-corrected chi connectivity index (χ3v) is 4.50. The molecule has 3 aromatic rings. The quantitative estimate of drug-likeness (QED) is 0.307. The van der Waals surface area contributed by atoms with Crippen molar-refractivity contribution in [3.8, 4) is 5.75 Å². The van der Waals surface area contributed by atoms with E-state index in [0.717, 1.165) is 9.40 Å². The Bertz CT molecular complexity index is 870. The summed E-state index contributed by atoms with van der Waals surface area (Å²) in [6.45, 7) is 0. The lowest BCUT2D eigenvalue weighted by atomic mass is 10.2. The first-order valence-corrected chi connectivity index (χ1v) is 7.85. The summed E-state index contributed by atoms with van der Waals surface area (Å²) in [4.78, 5) is 23.7. The van der Waals surface area contributed by atoms with Crippen LogP contribution in [0.4, 0.5) is 0 Å². The summed E-state index contributed by atoms with van der Waals surface area (Å²) >= 11 is 4.58. The molecule has 0 atom stereocenters. The summed E-state index contributed by atoms with van der Waals surface area (Å²) in [7, 11) is 0. The summed E-state index contributed by atoms with van der Waals surface area (Å²) in [5.74, 6) is 0.00259. The molecule has 20 heavy (non-hydrogen) atoms. The second-order valence-corrected chi connectivity index (χ2v) is 5.84. The highest BCUT2D eigenvalue weighted by Crippen LogP contribution is 2.27. The van der Waals surface area contributed by atoms with Crippen molar-refractivity contribution in [1.29, 1.82) is 0 Å². The fourth-order valence-corrected chi connectivity index (χ4v) is 3.17. The van der Waals surface area contributed by atoms with E-state index in [1.807, 2.05) is 30.3 Å². The number of hydrogen-bond donors (Lipinski definition) is 0. The van der Waals surface area contributed by atoms with Gasteiger partial charge in [-0.3, -0.25) is 9.59 Å². The van der Waals surface area contributed by atoms with Gasteiger partial charge in [-0.25, -0.2) is 0 Å². The smallest absolute Gasteiger partial charge is 0.321 e. The first-order valence-electron chi connectivity index (χ1n) is 5.91. The van der Waals surface area contributed by atoms with E-state index in [9.17, 15) is 9.59 Å². The van der Waals surface area contributed by atoms with Crippen molar-refractivity contribution >= 4 is 53.4 Å². The highest BCUT2D eigenvalue weighted by atomic mass is 79.9. The van der Waals surface area contributed by atoms with Crippen LogP contribution in [0.3, 0.4) is 0 Å². The van der Waals surface area contributed by atoms with E-state index in [1.54, 1.807) is 23.5 Å². The van der Waals surface area contributed by atoms with E-state index in [1.165, 1.54) is 0 Å². The Morgan fingerprint density at radius 1 is 1.10 bits per heavy atom. The van der Waals surface area contributed by atoms with Gasteiger partial charge in [0.15, 0.2) is 5.43 Å². The number of halogens is 1. The first-order chi connectivity index (χ1) is 9.69. The Labute approximate surface area is 126 Å². The first kappa shape index (κ1) is 13.3. The number of benzene rings is 2. The number of carbonyl (C=O) groups is 1. The molecule has 1 heterocycles. The predicted octanol–water partition coefficient (Wildman–Crippen LogP) is 3.72. The van der Waals surface area contributed by atoms with Crippen molar-refractivity contribution in [1.82, 2.24) is 0 Å². The zero-order valence-electron chi connectivity index (χ0n) is 10.3. The van der Waals surface area contributed by atoms with Crippen molar-refractivity contribution in [2.24, 2.45) is 0 Å². The SMILES string of the molecule is O=C(CBr)Oc1ccc2sc3ccccc3c(=O)c2c1. The van der Waals surface area contributed by atoms with E-state index in [2.05, 4.69) is 15.9 Å². The minimum absolute atomic E-state index is 0.0360. The minimum Gasteiger partial charge on any atom is -0.426 e. The largest absolute Gasteiger partial charge is 0.426 e. The zero-order chi connectivity index (χ0) is 14.1. The van der Waals surface area contributed by atoms with Crippen LogP contribution in [0.25, 0.3) is 20.2 Å². The van der Waals surface area contributed by atoms with Crippen molar-refractivity contribution < 1.29 is 9.53 Å². The van der Waals surface area contributed by atoms with Gasteiger partial charge in [-0.05, 0) is 30.3 Å². The number of carbonyl (C=O) groups excluding carboxylic acids is 1. The van der Waals surface area contributed by atoms with E-state index < -0.39 is 0 Å². The molecular formula is C15H9BrO3S. The molecule has 0 saturated heterocycles. The second-order valence-electron chi connectivity index (χ2n) is 4.19. The summed E-state index contributed by atoms with van der Waals surface area (Å²) in [5, 5.41) is 1.39. The summed E-state index contributed by atoms with van der Waals surface area (Å²) in [5.41, 5.74) is -0.0360. The van der Waals surface area contributed by atoms with Crippen LogP contribution >= 0.6 is 27.3 Å². The van der Waals surface area contributed by atoms with Crippen LogP contribution < -0.4 is 10.2 Å². The Hall–Kier alpha value is -1.72. The van der Waals surface area contributed by atoms with Gasteiger partial charge < -0.3 is 4.74 Å². The van der Waals surface area contributed by atoms with E-state index in [0.29, 0.717) is 16.5 Å². The third-order valence-electron chi connectivity index (χ3n) is 2.89. The Balaban J connectivity index is 2.23. The number of esters is 1. The molecule has 3 rings (SSSR count). The van der Waals surface area contributed by atoms with E-state index in [-0.39, 0.29) is 16.7 Å². The summed E-state index contributed by atoms with van der Waals surface area (Å²) in [6.07, 6.45) is 0. The molecule has 0 N–H and O–H groups in total. The van der Waals surface area contributed by atoms with Gasteiger partial charge in [-0.2, -0.15) is 0 Å². The fourth-order valence-electron chi connectivity index (χ4n) is 2.00. The molecule has 2 aromatic carbocycles. The molecule has 0 unspecified atom stereocenters. The lowest BCUT2D eigenvalue weighted by molar-refractivity contribution is -0.131. The van der Waals surface area contributed by atoms with Crippen molar-refractivity contribution in [3.63, 3.8) is 0 Å². The van der Waals surface area contributed by atoms with Crippen LogP contribution in [0.1, 0.15) is 0 Å².